The number of likely N-dealkylation sites (tertiary alicyclic amines) is 1. The molecular weight excluding hydrogens is 244 g/mol. The third-order valence-corrected chi connectivity index (χ3v) is 3.80. The van der Waals surface area contributed by atoms with Crippen LogP contribution >= 0.6 is 0 Å². The van der Waals surface area contributed by atoms with Gasteiger partial charge >= 0.3 is 6.03 Å². The predicted octanol–water partition coefficient (Wildman–Crippen LogP) is -0.0924. The van der Waals surface area contributed by atoms with Gasteiger partial charge in [-0.2, -0.15) is 0 Å². The van der Waals surface area contributed by atoms with E-state index in [-0.39, 0.29) is 11.9 Å². The first kappa shape index (κ1) is 14.0. The molecular formula is C13H22N4O2. The molecule has 106 valence electrons. The lowest BCUT2D eigenvalue weighted by molar-refractivity contribution is -0.132. The third kappa shape index (κ3) is 2.64. The Labute approximate surface area is 113 Å². The molecule has 2 aliphatic rings. The zero-order valence-electron chi connectivity index (χ0n) is 11.4. The van der Waals surface area contributed by atoms with Crippen LogP contribution in [0.5, 0.6) is 0 Å². The van der Waals surface area contributed by atoms with E-state index in [1.165, 1.54) is 4.90 Å². The molecule has 3 N–H and O–H groups in total. The summed E-state index contributed by atoms with van der Waals surface area (Å²) in [6.45, 7) is 8.95. The van der Waals surface area contributed by atoms with Crippen LogP contribution in [0.1, 0.15) is 19.8 Å². The van der Waals surface area contributed by atoms with Crippen LogP contribution in [0.2, 0.25) is 0 Å². The molecule has 2 rings (SSSR count). The van der Waals surface area contributed by atoms with Crippen molar-refractivity contribution in [2.75, 3.05) is 32.7 Å². The van der Waals surface area contributed by atoms with Crippen molar-refractivity contribution in [1.29, 1.82) is 0 Å². The number of nitrogens with two attached hydrogens (primary N) is 1. The van der Waals surface area contributed by atoms with Crippen molar-refractivity contribution in [2.24, 2.45) is 5.73 Å². The molecule has 0 aliphatic carbocycles. The van der Waals surface area contributed by atoms with Gasteiger partial charge in [-0.3, -0.25) is 14.6 Å². The lowest BCUT2D eigenvalue weighted by Crippen LogP contribution is -2.55. The summed E-state index contributed by atoms with van der Waals surface area (Å²) in [7, 11) is 0. The van der Waals surface area contributed by atoms with Crippen molar-refractivity contribution in [3.63, 3.8) is 0 Å². The van der Waals surface area contributed by atoms with Crippen LogP contribution in [-0.4, -0.2) is 60.0 Å². The number of carbonyl (C=O) groups excluding carboxylic acids is 2. The van der Waals surface area contributed by atoms with Gasteiger partial charge in [0, 0.05) is 32.7 Å². The molecule has 0 aromatic heterocycles. The van der Waals surface area contributed by atoms with Crippen molar-refractivity contribution >= 4 is 11.9 Å². The number of imide groups is 1. The van der Waals surface area contributed by atoms with Crippen LogP contribution in [-0.2, 0) is 4.79 Å². The molecule has 6 heteroatoms. The number of amides is 3. The van der Waals surface area contributed by atoms with Crippen molar-refractivity contribution in [3.8, 4) is 0 Å². The van der Waals surface area contributed by atoms with Crippen molar-refractivity contribution in [1.82, 2.24) is 15.1 Å². The zero-order chi connectivity index (χ0) is 14.0. The second-order valence-electron chi connectivity index (χ2n) is 5.49. The van der Waals surface area contributed by atoms with E-state index in [0.717, 1.165) is 25.2 Å². The standard InChI is InChI=1S/C13H22N4O2/c1-10(2)9-16-6-3-13(4-7-16)11(18)17(8-5-14)12(19)15-13/h1,3-9,14H2,2H3,(H,15,19). The number of rotatable bonds is 4. The maximum absolute atomic E-state index is 12.4. The summed E-state index contributed by atoms with van der Waals surface area (Å²) >= 11 is 0. The van der Waals surface area contributed by atoms with Crippen molar-refractivity contribution in [2.45, 2.75) is 25.3 Å². The van der Waals surface area contributed by atoms with Crippen molar-refractivity contribution in [3.05, 3.63) is 12.2 Å². The fraction of sp³-hybridized carbons (Fsp3) is 0.692. The molecule has 19 heavy (non-hydrogen) atoms. The first-order valence-corrected chi connectivity index (χ1v) is 6.69. The van der Waals surface area contributed by atoms with Gasteiger partial charge in [-0.25, -0.2) is 4.79 Å². The van der Waals surface area contributed by atoms with E-state index in [1.807, 2.05) is 6.92 Å². The number of hydrogen-bond acceptors (Lipinski definition) is 4. The van der Waals surface area contributed by atoms with Crippen LogP contribution in [0.15, 0.2) is 12.2 Å². The number of urea groups is 1. The molecule has 0 unspecified atom stereocenters. The highest BCUT2D eigenvalue weighted by Gasteiger charge is 2.51. The fourth-order valence-electron chi connectivity index (χ4n) is 2.82. The second-order valence-corrected chi connectivity index (χ2v) is 5.49. The number of hydrogen-bond donors (Lipinski definition) is 2. The largest absolute Gasteiger partial charge is 0.329 e. The van der Waals surface area contributed by atoms with Gasteiger partial charge in [0.15, 0.2) is 0 Å². The van der Waals surface area contributed by atoms with Gasteiger partial charge in [-0.05, 0) is 19.8 Å². The highest BCUT2D eigenvalue weighted by atomic mass is 16.2. The maximum atomic E-state index is 12.4. The smallest absolute Gasteiger partial charge is 0.325 e. The van der Waals surface area contributed by atoms with Crippen LogP contribution in [0, 0.1) is 0 Å². The van der Waals surface area contributed by atoms with Gasteiger partial charge in [0.25, 0.3) is 5.91 Å². The minimum Gasteiger partial charge on any atom is -0.329 e. The third-order valence-electron chi connectivity index (χ3n) is 3.80. The van der Waals surface area contributed by atoms with Crippen molar-refractivity contribution < 1.29 is 9.59 Å². The van der Waals surface area contributed by atoms with E-state index in [9.17, 15) is 9.59 Å². The quantitative estimate of drug-likeness (QED) is 0.550. The SMILES string of the molecule is C=C(C)CN1CCC2(CC1)NC(=O)N(CCN)C2=O. The number of carbonyl (C=O) groups is 2. The molecule has 0 bridgehead atoms. The fourth-order valence-corrected chi connectivity index (χ4v) is 2.82. The Morgan fingerprint density at radius 3 is 2.58 bits per heavy atom. The van der Waals surface area contributed by atoms with E-state index in [0.29, 0.717) is 25.9 Å². The van der Waals surface area contributed by atoms with Crippen LogP contribution < -0.4 is 11.1 Å². The molecule has 2 aliphatic heterocycles. The molecule has 0 aromatic rings. The minimum absolute atomic E-state index is 0.113. The van der Waals surface area contributed by atoms with E-state index < -0.39 is 5.54 Å². The Bertz CT molecular complexity index is 399. The molecule has 1 spiro atoms. The average Bonchev–Trinajstić information content (AvgIpc) is 2.57. The topological polar surface area (TPSA) is 78.7 Å². The lowest BCUT2D eigenvalue weighted by atomic mass is 9.87. The Kier molecular flexibility index (Phi) is 3.91. The Hall–Kier alpha value is -1.40. The Morgan fingerprint density at radius 1 is 1.42 bits per heavy atom. The molecule has 0 aromatic carbocycles. The normalized spacial score (nSPS) is 22.9. The average molecular weight is 266 g/mol. The Balaban J connectivity index is 2.01. The van der Waals surface area contributed by atoms with E-state index in [2.05, 4.69) is 16.8 Å². The maximum Gasteiger partial charge on any atom is 0.325 e. The molecule has 0 saturated carbocycles. The van der Waals surface area contributed by atoms with Gasteiger partial charge in [0.05, 0.1) is 0 Å². The number of nitrogens with zero attached hydrogens (tertiary/aromatic N) is 2. The summed E-state index contributed by atoms with van der Waals surface area (Å²) in [6.07, 6.45) is 1.32. The van der Waals surface area contributed by atoms with Gasteiger partial charge in [-0.15, -0.1) is 0 Å². The highest BCUT2D eigenvalue weighted by molar-refractivity contribution is 6.07. The zero-order valence-corrected chi connectivity index (χ0v) is 11.4. The van der Waals surface area contributed by atoms with Crippen LogP contribution in [0.3, 0.4) is 0 Å². The molecule has 2 saturated heterocycles. The van der Waals surface area contributed by atoms with E-state index >= 15 is 0 Å². The monoisotopic (exact) mass is 266 g/mol. The summed E-state index contributed by atoms with van der Waals surface area (Å²) in [5, 5.41) is 2.86. The van der Waals surface area contributed by atoms with Crippen LogP contribution in [0.25, 0.3) is 0 Å². The summed E-state index contributed by atoms with van der Waals surface area (Å²) in [4.78, 5) is 27.7. The van der Waals surface area contributed by atoms with E-state index in [1.54, 1.807) is 0 Å². The molecule has 2 heterocycles. The molecule has 2 fully saturated rings. The number of nitrogens with one attached hydrogen (secondary N) is 1. The predicted molar refractivity (Wildman–Crippen MR) is 72.5 cm³/mol. The molecule has 0 atom stereocenters. The van der Waals surface area contributed by atoms with Crippen LogP contribution in [0.4, 0.5) is 4.79 Å². The van der Waals surface area contributed by atoms with Gasteiger partial charge in [0.1, 0.15) is 5.54 Å². The summed E-state index contributed by atoms with van der Waals surface area (Å²) in [5.74, 6) is -0.113. The Morgan fingerprint density at radius 2 is 2.05 bits per heavy atom. The molecule has 0 radical (unpaired) electrons. The second kappa shape index (κ2) is 5.30. The van der Waals surface area contributed by atoms with Gasteiger partial charge in [-0.1, -0.05) is 12.2 Å². The molecule has 3 amide bonds. The van der Waals surface area contributed by atoms with E-state index in [4.69, 9.17) is 5.73 Å². The molecule has 6 nitrogen and oxygen atoms in total. The van der Waals surface area contributed by atoms with Gasteiger partial charge < -0.3 is 11.1 Å². The highest BCUT2D eigenvalue weighted by Crippen LogP contribution is 2.29. The minimum atomic E-state index is -0.697. The lowest BCUT2D eigenvalue weighted by Gasteiger charge is -2.37. The first-order valence-electron chi connectivity index (χ1n) is 6.69. The first-order chi connectivity index (χ1) is 8.98. The number of piperidine rings is 1. The van der Waals surface area contributed by atoms with Gasteiger partial charge in [0.2, 0.25) is 0 Å². The summed E-state index contributed by atoms with van der Waals surface area (Å²) in [5.41, 5.74) is 5.85. The summed E-state index contributed by atoms with van der Waals surface area (Å²) < 4.78 is 0. The summed E-state index contributed by atoms with van der Waals surface area (Å²) in [6, 6.07) is -0.302.